The number of halogens is 3. The van der Waals surface area contributed by atoms with Crippen LogP contribution in [0.25, 0.3) is 0 Å². The molecule has 3 fully saturated rings. The predicted molar refractivity (Wildman–Crippen MR) is 140 cm³/mol. The lowest BCUT2D eigenvalue weighted by Crippen LogP contribution is -2.45. The molecule has 3 aliphatic rings. The third kappa shape index (κ3) is 5.88. The Morgan fingerprint density at radius 2 is 1.86 bits per heavy atom. The maximum absolute atomic E-state index is 14.3. The molecular weight excluding hydrogens is 516 g/mol. The third-order valence-corrected chi connectivity index (χ3v) is 8.74. The highest BCUT2D eigenvalue weighted by molar-refractivity contribution is 6.30. The van der Waals surface area contributed by atoms with Gasteiger partial charge in [0.15, 0.2) is 0 Å². The van der Waals surface area contributed by atoms with Crippen LogP contribution in [-0.4, -0.2) is 59.4 Å². The van der Waals surface area contributed by atoms with Crippen LogP contribution in [0.1, 0.15) is 50.5 Å². The smallest absolute Gasteiger partial charge is 0.228 e. The van der Waals surface area contributed by atoms with Crippen molar-refractivity contribution in [2.75, 3.05) is 32.8 Å². The second kappa shape index (κ2) is 10.8. The fraction of sp³-hybridized carbons (Fsp3) is 0.536. The quantitative estimate of drug-likeness (QED) is 0.454. The summed E-state index contributed by atoms with van der Waals surface area (Å²) in [4.78, 5) is 34.3. The van der Waals surface area contributed by atoms with E-state index in [1.807, 2.05) is 22.8 Å². The van der Waals surface area contributed by atoms with Gasteiger partial charge in [-0.15, -0.1) is 0 Å². The van der Waals surface area contributed by atoms with E-state index in [4.69, 9.17) is 27.9 Å². The summed E-state index contributed by atoms with van der Waals surface area (Å²) in [5, 5.41) is 0.629. The van der Waals surface area contributed by atoms with Crippen LogP contribution >= 0.6 is 23.2 Å². The minimum absolute atomic E-state index is 0.0195. The first-order valence-corrected chi connectivity index (χ1v) is 13.8. The first kappa shape index (κ1) is 26.2. The number of piperidine rings is 1. The zero-order valence-electron chi connectivity index (χ0n) is 21.0. The Kier molecular flexibility index (Phi) is 7.64. The van der Waals surface area contributed by atoms with E-state index in [2.05, 4.69) is 4.98 Å². The highest BCUT2D eigenvalue weighted by atomic mass is 35.5. The molecule has 198 valence electrons. The van der Waals surface area contributed by atoms with Crippen molar-refractivity contribution in [3.05, 3.63) is 58.0 Å². The van der Waals surface area contributed by atoms with Crippen LogP contribution < -0.4 is 4.74 Å². The molecule has 37 heavy (non-hydrogen) atoms. The lowest BCUT2D eigenvalue weighted by atomic mass is 9.87. The van der Waals surface area contributed by atoms with Crippen LogP contribution in [-0.2, 0) is 9.59 Å². The molecule has 9 heteroatoms. The summed E-state index contributed by atoms with van der Waals surface area (Å²) in [5.41, 5.74) is 0.661. The average Bonchev–Trinajstić information content (AvgIpc) is 3.52. The van der Waals surface area contributed by atoms with E-state index >= 15 is 0 Å². The highest BCUT2D eigenvalue weighted by Gasteiger charge is 2.48. The van der Waals surface area contributed by atoms with Gasteiger partial charge in [0.25, 0.3) is 0 Å². The summed E-state index contributed by atoms with van der Waals surface area (Å²) in [6, 6.07) is 8.36. The molecule has 1 aromatic heterocycles. The molecule has 5 rings (SSSR count). The Morgan fingerprint density at radius 1 is 1.11 bits per heavy atom. The number of aromatic nitrogens is 1. The molecule has 2 atom stereocenters. The Balaban J connectivity index is 1.23. The number of rotatable bonds is 7. The number of nitrogens with zero attached hydrogens (tertiary/aromatic N) is 3. The number of ether oxygens (including phenoxy) is 1. The number of carbonyl (C=O) groups is 2. The Hall–Kier alpha value is -2.38. The second-order valence-electron chi connectivity index (χ2n) is 10.9. The van der Waals surface area contributed by atoms with Gasteiger partial charge >= 0.3 is 0 Å². The van der Waals surface area contributed by atoms with Crippen molar-refractivity contribution >= 4 is 35.0 Å². The number of pyridine rings is 1. The molecule has 0 spiro atoms. The van der Waals surface area contributed by atoms with Crippen molar-refractivity contribution in [3.63, 3.8) is 0 Å². The van der Waals surface area contributed by atoms with Gasteiger partial charge in [0, 0.05) is 55.7 Å². The van der Waals surface area contributed by atoms with Crippen LogP contribution in [0.5, 0.6) is 5.88 Å². The summed E-state index contributed by atoms with van der Waals surface area (Å²) in [7, 11) is 0. The fourth-order valence-electron chi connectivity index (χ4n) is 5.60. The maximum atomic E-state index is 14.3. The monoisotopic (exact) mass is 547 g/mol. The number of amides is 2. The zero-order chi connectivity index (χ0) is 26.2. The Morgan fingerprint density at radius 3 is 2.51 bits per heavy atom. The number of carbonyl (C=O) groups excluding carboxylic acids is 2. The summed E-state index contributed by atoms with van der Waals surface area (Å²) in [5.74, 6) is 0.400. The van der Waals surface area contributed by atoms with E-state index in [1.165, 1.54) is 12.3 Å². The number of hydrogen-bond donors (Lipinski definition) is 0. The van der Waals surface area contributed by atoms with Gasteiger partial charge in [0.2, 0.25) is 17.7 Å². The molecule has 2 saturated heterocycles. The Labute approximate surface area is 227 Å². The molecule has 2 aromatic rings. The van der Waals surface area contributed by atoms with Crippen LogP contribution in [0.15, 0.2) is 36.5 Å². The number of benzene rings is 1. The molecule has 1 aliphatic carbocycles. The first-order valence-electron chi connectivity index (χ1n) is 13.0. The van der Waals surface area contributed by atoms with Gasteiger partial charge in [0.05, 0.1) is 16.7 Å². The van der Waals surface area contributed by atoms with E-state index in [-0.39, 0.29) is 40.0 Å². The molecule has 0 unspecified atom stereocenters. The molecule has 1 aromatic carbocycles. The standard InChI is InChI=1S/C28H32Cl2FN3O3/c1-28(9-10-28)27(36)33-11-6-18(7-12-33)26(35)34-16-20(8-13-37-25-5-3-21(29)15-32-25)22(17-34)19-2-4-23(30)24(31)14-19/h2-5,14-15,18,20,22H,6-13,16-17H2,1H3/t20-,22+/m0/s1. The highest BCUT2D eigenvalue weighted by Crippen LogP contribution is 2.47. The Bertz CT molecular complexity index is 1150. The predicted octanol–water partition coefficient (Wildman–Crippen LogP) is 5.58. The van der Waals surface area contributed by atoms with Gasteiger partial charge in [-0.25, -0.2) is 9.37 Å². The average molecular weight is 548 g/mol. The molecular formula is C28H32Cl2FN3O3. The van der Waals surface area contributed by atoms with Crippen molar-refractivity contribution in [2.45, 2.75) is 44.9 Å². The SMILES string of the molecule is CC1(C(=O)N2CCC(C(=O)N3C[C@H](CCOc4ccc(Cl)cn4)[C@@H](c4ccc(Cl)c(F)c4)C3)CC2)CC1. The molecule has 0 bridgehead atoms. The summed E-state index contributed by atoms with van der Waals surface area (Å²) in [6.07, 6.45) is 5.53. The first-order chi connectivity index (χ1) is 17.7. The van der Waals surface area contributed by atoms with Crippen molar-refractivity contribution in [1.29, 1.82) is 0 Å². The van der Waals surface area contributed by atoms with E-state index in [9.17, 15) is 14.0 Å². The number of likely N-dealkylation sites (tertiary alicyclic amines) is 2. The van der Waals surface area contributed by atoms with Crippen LogP contribution in [0.4, 0.5) is 4.39 Å². The normalized spacial score (nSPS) is 23.2. The van der Waals surface area contributed by atoms with Crippen molar-refractivity contribution < 1.29 is 18.7 Å². The van der Waals surface area contributed by atoms with E-state index in [0.29, 0.717) is 63.0 Å². The minimum atomic E-state index is -0.453. The van der Waals surface area contributed by atoms with Gasteiger partial charge in [0.1, 0.15) is 5.82 Å². The van der Waals surface area contributed by atoms with Crippen molar-refractivity contribution in [2.24, 2.45) is 17.3 Å². The van der Waals surface area contributed by atoms with Gasteiger partial charge < -0.3 is 14.5 Å². The van der Waals surface area contributed by atoms with Crippen LogP contribution in [0.2, 0.25) is 10.0 Å². The van der Waals surface area contributed by atoms with Gasteiger partial charge in [-0.1, -0.05) is 36.2 Å². The van der Waals surface area contributed by atoms with E-state index < -0.39 is 5.82 Å². The van der Waals surface area contributed by atoms with Crippen LogP contribution in [0.3, 0.4) is 0 Å². The number of hydrogen-bond acceptors (Lipinski definition) is 4. The van der Waals surface area contributed by atoms with E-state index in [0.717, 1.165) is 18.4 Å². The molecule has 0 radical (unpaired) electrons. The lowest BCUT2D eigenvalue weighted by Gasteiger charge is -2.34. The lowest BCUT2D eigenvalue weighted by molar-refractivity contribution is -0.142. The maximum Gasteiger partial charge on any atom is 0.228 e. The van der Waals surface area contributed by atoms with Gasteiger partial charge in [-0.3, -0.25) is 9.59 Å². The summed E-state index contributed by atoms with van der Waals surface area (Å²) in [6.45, 7) is 4.84. The summed E-state index contributed by atoms with van der Waals surface area (Å²) < 4.78 is 20.1. The largest absolute Gasteiger partial charge is 0.478 e. The van der Waals surface area contributed by atoms with Crippen LogP contribution in [0, 0.1) is 23.1 Å². The minimum Gasteiger partial charge on any atom is -0.478 e. The van der Waals surface area contributed by atoms with Gasteiger partial charge in [-0.05, 0) is 61.8 Å². The molecule has 6 nitrogen and oxygen atoms in total. The molecule has 0 N–H and O–H groups in total. The zero-order valence-corrected chi connectivity index (χ0v) is 22.5. The molecule has 1 saturated carbocycles. The molecule has 2 aliphatic heterocycles. The third-order valence-electron chi connectivity index (χ3n) is 8.21. The summed E-state index contributed by atoms with van der Waals surface area (Å²) >= 11 is 11.8. The molecule has 2 amide bonds. The van der Waals surface area contributed by atoms with Gasteiger partial charge in [-0.2, -0.15) is 0 Å². The topological polar surface area (TPSA) is 62.7 Å². The van der Waals surface area contributed by atoms with E-state index in [1.54, 1.807) is 18.2 Å². The molecule has 3 heterocycles. The second-order valence-corrected chi connectivity index (χ2v) is 11.7. The fourth-order valence-corrected chi connectivity index (χ4v) is 5.83. The van der Waals surface area contributed by atoms with Crippen molar-refractivity contribution in [1.82, 2.24) is 14.8 Å². The van der Waals surface area contributed by atoms with Crippen molar-refractivity contribution in [3.8, 4) is 5.88 Å².